The van der Waals surface area contributed by atoms with Gasteiger partial charge in [-0.1, -0.05) is 0 Å². The Morgan fingerprint density at radius 2 is 2.25 bits per heavy atom. The summed E-state index contributed by atoms with van der Waals surface area (Å²) in [5.41, 5.74) is 1.21. The summed E-state index contributed by atoms with van der Waals surface area (Å²) in [6, 6.07) is 4.15. The maximum Gasteiger partial charge on any atom is 0.289 e. The molecule has 0 aromatic carbocycles. The predicted molar refractivity (Wildman–Crippen MR) is 74.2 cm³/mol. The highest BCUT2D eigenvalue weighted by atomic mass is 16.4. The van der Waals surface area contributed by atoms with Crippen LogP contribution in [-0.4, -0.2) is 23.9 Å². The summed E-state index contributed by atoms with van der Waals surface area (Å²) < 4.78 is 5.76. The lowest BCUT2D eigenvalue weighted by atomic mass is 9.95. The second-order valence-electron chi connectivity index (χ2n) is 5.89. The normalized spacial score (nSPS) is 22.1. The van der Waals surface area contributed by atoms with Gasteiger partial charge in [-0.05, 0) is 49.7 Å². The van der Waals surface area contributed by atoms with E-state index in [2.05, 4.69) is 6.07 Å². The highest BCUT2D eigenvalue weighted by Gasteiger charge is 2.27. The van der Waals surface area contributed by atoms with Crippen molar-refractivity contribution in [2.75, 3.05) is 13.1 Å². The predicted octanol–water partition coefficient (Wildman–Crippen LogP) is 2.92. The lowest BCUT2D eigenvalue weighted by Crippen LogP contribution is -2.39. The van der Waals surface area contributed by atoms with Crippen molar-refractivity contribution in [3.05, 3.63) is 23.2 Å². The Hall–Kier alpha value is -1.76. The lowest BCUT2D eigenvalue weighted by molar-refractivity contribution is 0.0641. The van der Waals surface area contributed by atoms with Crippen LogP contribution in [0.4, 0.5) is 0 Å². The highest BCUT2D eigenvalue weighted by Crippen LogP contribution is 2.27. The van der Waals surface area contributed by atoms with E-state index in [4.69, 9.17) is 9.68 Å². The topological polar surface area (TPSA) is 57.2 Å². The Morgan fingerprint density at radius 1 is 1.40 bits per heavy atom. The third-order valence-corrected chi connectivity index (χ3v) is 4.39. The van der Waals surface area contributed by atoms with Gasteiger partial charge >= 0.3 is 0 Å². The average Bonchev–Trinajstić information content (AvgIpc) is 2.91. The number of hydrogen-bond donors (Lipinski definition) is 0. The number of rotatable bonds is 2. The van der Waals surface area contributed by atoms with E-state index in [1.165, 1.54) is 12.0 Å². The Bertz CT molecular complexity index is 518. The molecular weight excluding hydrogens is 252 g/mol. The Kier molecular flexibility index (Phi) is 3.77. The first kappa shape index (κ1) is 13.2. The van der Waals surface area contributed by atoms with Crippen molar-refractivity contribution in [2.24, 2.45) is 5.92 Å². The summed E-state index contributed by atoms with van der Waals surface area (Å²) in [6.07, 6.45) is 6.90. The van der Waals surface area contributed by atoms with Gasteiger partial charge in [0.05, 0.1) is 6.07 Å². The van der Waals surface area contributed by atoms with Gasteiger partial charge in [0, 0.05) is 25.9 Å². The average molecular weight is 272 g/mol. The fraction of sp³-hybridized carbons (Fsp3) is 0.625. The monoisotopic (exact) mass is 272 g/mol. The molecule has 0 radical (unpaired) electrons. The van der Waals surface area contributed by atoms with Crippen molar-refractivity contribution in [3.8, 4) is 6.07 Å². The summed E-state index contributed by atoms with van der Waals surface area (Å²) in [4.78, 5) is 14.4. The number of fused-ring (bicyclic) bond motifs is 1. The van der Waals surface area contributed by atoms with Crippen molar-refractivity contribution in [1.29, 1.82) is 5.26 Å². The van der Waals surface area contributed by atoms with Gasteiger partial charge in [-0.2, -0.15) is 5.26 Å². The molecular formula is C16H20N2O2. The van der Waals surface area contributed by atoms with Gasteiger partial charge < -0.3 is 9.32 Å². The van der Waals surface area contributed by atoms with Crippen LogP contribution in [0.25, 0.3) is 0 Å². The molecule has 0 bridgehead atoms. The second kappa shape index (κ2) is 5.70. The minimum Gasteiger partial charge on any atom is -0.456 e. The number of hydrogen-bond acceptors (Lipinski definition) is 3. The Balaban J connectivity index is 1.72. The number of carbonyl (C=O) groups excluding carboxylic acids is 1. The summed E-state index contributed by atoms with van der Waals surface area (Å²) in [5, 5.41) is 8.80. The van der Waals surface area contributed by atoms with Gasteiger partial charge in [-0.15, -0.1) is 0 Å². The number of carbonyl (C=O) groups is 1. The van der Waals surface area contributed by atoms with Crippen molar-refractivity contribution in [3.63, 3.8) is 0 Å². The zero-order valence-corrected chi connectivity index (χ0v) is 11.7. The molecule has 0 spiro atoms. The Morgan fingerprint density at radius 3 is 3.05 bits per heavy atom. The molecule has 2 heterocycles. The van der Waals surface area contributed by atoms with Crippen molar-refractivity contribution in [2.45, 2.75) is 44.9 Å². The van der Waals surface area contributed by atoms with E-state index in [0.717, 1.165) is 44.4 Å². The van der Waals surface area contributed by atoms with Gasteiger partial charge in [-0.25, -0.2) is 0 Å². The van der Waals surface area contributed by atoms with Crippen molar-refractivity contribution >= 4 is 5.91 Å². The molecule has 1 fully saturated rings. The molecule has 4 nitrogen and oxygen atoms in total. The van der Waals surface area contributed by atoms with Gasteiger partial charge in [0.2, 0.25) is 0 Å². The molecule has 1 atom stereocenters. The van der Waals surface area contributed by atoms with Gasteiger partial charge in [-0.3, -0.25) is 4.79 Å². The van der Waals surface area contributed by atoms with E-state index in [0.29, 0.717) is 24.6 Å². The fourth-order valence-electron chi connectivity index (χ4n) is 3.30. The molecule has 1 aromatic rings. The summed E-state index contributed by atoms with van der Waals surface area (Å²) in [7, 11) is 0. The quantitative estimate of drug-likeness (QED) is 0.831. The largest absolute Gasteiger partial charge is 0.456 e. The van der Waals surface area contributed by atoms with E-state index in [1.54, 1.807) is 0 Å². The van der Waals surface area contributed by atoms with E-state index >= 15 is 0 Å². The van der Waals surface area contributed by atoms with Crippen LogP contribution in [-0.2, 0) is 12.8 Å². The molecule has 0 saturated carbocycles. The standard InChI is InChI=1S/C16H20N2O2/c17-8-7-12-4-3-9-18(11-12)16(19)15-10-13-5-1-2-6-14(13)20-15/h10,12H,1-7,9,11H2/t12-/m1/s1. The molecule has 1 aliphatic heterocycles. The van der Waals surface area contributed by atoms with Crippen molar-refractivity contribution in [1.82, 2.24) is 4.90 Å². The Labute approximate surface area is 119 Å². The van der Waals surface area contributed by atoms with Crippen LogP contribution >= 0.6 is 0 Å². The molecule has 4 heteroatoms. The van der Waals surface area contributed by atoms with Crippen LogP contribution in [0.2, 0.25) is 0 Å². The number of aryl methyl sites for hydroxylation is 2. The molecule has 1 aliphatic carbocycles. The van der Waals surface area contributed by atoms with Gasteiger partial charge in [0.15, 0.2) is 5.76 Å². The zero-order chi connectivity index (χ0) is 13.9. The van der Waals surface area contributed by atoms with E-state index in [-0.39, 0.29) is 5.91 Å². The molecule has 2 aliphatic rings. The molecule has 0 unspecified atom stereocenters. The minimum atomic E-state index is 0.00189. The highest BCUT2D eigenvalue weighted by molar-refractivity contribution is 5.92. The third-order valence-electron chi connectivity index (χ3n) is 4.39. The van der Waals surface area contributed by atoms with Crippen LogP contribution in [0.1, 0.15) is 54.0 Å². The fourth-order valence-corrected chi connectivity index (χ4v) is 3.30. The number of nitrogens with zero attached hydrogens (tertiary/aromatic N) is 2. The molecule has 1 amide bonds. The summed E-state index contributed by atoms with van der Waals surface area (Å²) in [5.74, 6) is 1.82. The number of furan rings is 1. The number of nitriles is 1. The maximum atomic E-state index is 12.5. The second-order valence-corrected chi connectivity index (χ2v) is 5.89. The number of amides is 1. The van der Waals surface area contributed by atoms with E-state index in [1.807, 2.05) is 11.0 Å². The lowest BCUT2D eigenvalue weighted by Gasteiger charge is -2.31. The van der Waals surface area contributed by atoms with E-state index in [9.17, 15) is 4.79 Å². The molecule has 3 rings (SSSR count). The SMILES string of the molecule is N#CC[C@H]1CCCN(C(=O)c2cc3c(o2)CCCC3)C1. The molecule has 1 aromatic heterocycles. The van der Waals surface area contributed by atoms with Crippen molar-refractivity contribution < 1.29 is 9.21 Å². The van der Waals surface area contributed by atoms with Crippen LogP contribution in [0.3, 0.4) is 0 Å². The molecule has 1 saturated heterocycles. The zero-order valence-electron chi connectivity index (χ0n) is 11.7. The van der Waals surface area contributed by atoms with Gasteiger partial charge in [0.1, 0.15) is 5.76 Å². The van der Waals surface area contributed by atoms with Crippen LogP contribution in [0.15, 0.2) is 10.5 Å². The van der Waals surface area contributed by atoms with Crippen LogP contribution in [0, 0.1) is 17.2 Å². The number of likely N-dealkylation sites (tertiary alicyclic amines) is 1. The van der Waals surface area contributed by atoms with Crippen LogP contribution in [0.5, 0.6) is 0 Å². The van der Waals surface area contributed by atoms with E-state index < -0.39 is 0 Å². The summed E-state index contributed by atoms with van der Waals surface area (Å²) in [6.45, 7) is 1.48. The van der Waals surface area contributed by atoms with Gasteiger partial charge in [0.25, 0.3) is 5.91 Å². The van der Waals surface area contributed by atoms with Crippen LogP contribution < -0.4 is 0 Å². The minimum absolute atomic E-state index is 0.00189. The first-order chi connectivity index (χ1) is 9.78. The molecule has 20 heavy (non-hydrogen) atoms. The molecule has 0 N–H and O–H groups in total. The smallest absolute Gasteiger partial charge is 0.289 e. The first-order valence-corrected chi connectivity index (χ1v) is 7.55. The first-order valence-electron chi connectivity index (χ1n) is 7.55. The third kappa shape index (κ3) is 2.58. The molecule has 106 valence electrons. The number of piperidine rings is 1. The maximum absolute atomic E-state index is 12.5. The summed E-state index contributed by atoms with van der Waals surface area (Å²) >= 11 is 0.